The van der Waals surface area contributed by atoms with E-state index in [9.17, 15) is 0 Å². The largest absolute Gasteiger partial charge is 0.143 e. The third-order valence-electron chi connectivity index (χ3n) is 31.0. The van der Waals surface area contributed by atoms with Gasteiger partial charge in [0.15, 0.2) is 0 Å². The minimum atomic E-state index is -0.489. The van der Waals surface area contributed by atoms with Crippen LogP contribution in [0.15, 0.2) is 261 Å². The molecule has 0 saturated heterocycles. The van der Waals surface area contributed by atoms with Crippen LogP contribution in [0, 0.1) is 0 Å². The fourth-order valence-corrected chi connectivity index (χ4v) is 34.5. The molecule has 4 aliphatic carbocycles. The Morgan fingerprint density at radius 3 is 0.579 bits per heavy atom. The van der Waals surface area contributed by atoms with Crippen LogP contribution < -0.4 is 0 Å². The maximum atomic E-state index is 4.52. The first-order valence-corrected chi connectivity index (χ1v) is 65.3. The van der Waals surface area contributed by atoms with Gasteiger partial charge in [-0.25, -0.2) is 0 Å². The predicted octanol–water partition coefficient (Wildman–Crippen LogP) is 39.6. The fourth-order valence-electron chi connectivity index (χ4n) is 23.7. The Kier molecular flexibility index (Phi) is 39.4. The summed E-state index contributed by atoms with van der Waals surface area (Å²) >= 11 is 24.8. The predicted molar refractivity (Wildman–Crippen MR) is 636 cm³/mol. The summed E-state index contributed by atoms with van der Waals surface area (Å²) in [6.45, 7) is 18.5. The van der Waals surface area contributed by atoms with Crippen molar-refractivity contribution in [2.75, 3.05) is 0 Å². The highest BCUT2D eigenvalue weighted by molar-refractivity contribution is 9.11. The van der Waals surface area contributed by atoms with Crippen LogP contribution in [-0.2, 0) is 131 Å². The van der Waals surface area contributed by atoms with Crippen molar-refractivity contribution in [1.29, 1.82) is 0 Å². The zero-order valence-electron chi connectivity index (χ0n) is 84.4. The van der Waals surface area contributed by atoms with E-state index in [4.69, 9.17) is 0 Å². The van der Waals surface area contributed by atoms with Gasteiger partial charge in [-0.3, -0.25) is 0 Å². The van der Waals surface area contributed by atoms with Crippen molar-refractivity contribution in [3.05, 3.63) is 395 Å². The zero-order chi connectivity index (χ0) is 97.3. The molecule has 732 valence electrons. The highest BCUT2D eigenvalue weighted by atomic mass is 79.9. The summed E-state index contributed by atoms with van der Waals surface area (Å²) in [6.07, 6.45) is 50.2. The van der Waals surface area contributed by atoms with Gasteiger partial charge in [-0.15, -0.1) is 45.3 Å². The third kappa shape index (κ3) is 22.8. The van der Waals surface area contributed by atoms with Crippen LogP contribution in [0.25, 0.3) is 41.8 Å². The molecule has 4 aliphatic rings. The molecule has 12 heteroatoms. The van der Waals surface area contributed by atoms with Gasteiger partial charge in [-0.05, 0) is 338 Å². The number of benzene rings is 10. The van der Waals surface area contributed by atoms with E-state index in [0.29, 0.717) is 0 Å². The first kappa shape index (κ1) is 106. The van der Waals surface area contributed by atoms with E-state index in [0.717, 1.165) is 51.4 Å². The van der Waals surface area contributed by atoms with Gasteiger partial charge in [-0.2, -0.15) is 0 Å². The quantitative estimate of drug-likeness (QED) is 0.0349. The van der Waals surface area contributed by atoms with Crippen molar-refractivity contribution in [2.45, 2.75) is 334 Å². The number of thiophene rings is 4. The summed E-state index contributed by atoms with van der Waals surface area (Å²) < 4.78 is 2.38. The summed E-state index contributed by atoms with van der Waals surface area (Å²) in [5, 5.41) is 4.71. The number of unbranched alkanes of at least 4 members (excludes halogenated alkanes) is 24. The van der Waals surface area contributed by atoms with Gasteiger partial charge in [0.2, 0.25) is 0 Å². The lowest BCUT2D eigenvalue weighted by Gasteiger charge is -2.37. The second-order valence-corrected chi connectivity index (χ2v) is 53.9. The van der Waals surface area contributed by atoms with Gasteiger partial charge in [0.05, 0.1) is 29.2 Å². The van der Waals surface area contributed by atoms with E-state index in [2.05, 4.69) is 363 Å². The molecule has 4 heterocycles. The van der Waals surface area contributed by atoms with Crippen molar-refractivity contribution >= 4 is 135 Å². The van der Waals surface area contributed by atoms with Crippen molar-refractivity contribution in [3.8, 4) is 41.8 Å². The van der Waals surface area contributed by atoms with Gasteiger partial charge >= 0.3 is 0 Å². The summed E-state index contributed by atoms with van der Waals surface area (Å²) in [4.78, 5) is 5.62. The molecule has 0 N–H and O–H groups in total. The molecule has 10 aromatic carbocycles. The Bertz CT molecular complexity index is 5910. The highest BCUT2D eigenvalue weighted by Crippen LogP contribution is 2.68. The Hall–Kier alpha value is -6.72. The highest BCUT2D eigenvalue weighted by Gasteiger charge is 2.56. The van der Waals surface area contributed by atoms with Crippen LogP contribution in [0.2, 0.25) is 0 Å². The maximum Gasteiger partial charge on any atom is 0.0722 e. The maximum absolute atomic E-state index is 4.52. The van der Waals surface area contributed by atoms with Gasteiger partial charge < -0.3 is 0 Å². The lowest BCUT2D eigenvalue weighted by Crippen LogP contribution is -2.31. The Morgan fingerprint density at radius 2 is 0.393 bits per heavy atom. The minimum Gasteiger partial charge on any atom is -0.143 e. The first-order chi connectivity index (χ1) is 68.8. The minimum absolute atomic E-state index is 0.437. The second kappa shape index (κ2) is 52.1. The zero-order valence-corrected chi connectivity index (χ0v) is 95.7. The fraction of sp³-hybridized carbons (Fsp3) is 0.406. The SMILES string of the molecule is CCCCCCc1ccc(C2(c3ccc(CCCCCC)cc3)c3cc4c(cc3-c3sc(Br)cc32)-c2sc(Br)cc2C4(c2ccc(CCCCCC)cc2)c2ccc(CCCCCC)cc2)cc1.CCCCCCc1ccc(C2(c3ccc(CCCCCC)cc3)c3cc4c(cc3-c3sccc32)-c2sccc2C4(c2ccc(CCCCCC)cc2)c2ccc(CCCCCC)cc2)cc1.S=S=S=S=S=S. The van der Waals surface area contributed by atoms with Crippen LogP contribution in [-0.4, -0.2) is 0 Å². The summed E-state index contributed by atoms with van der Waals surface area (Å²) in [5.74, 6) is 0. The molecule has 0 spiro atoms. The summed E-state index contributed by atoms with van der Waals surface area (Å²) in [6, 6.07) is 99.7. The molecule has 0 nitrogen and oxygen atoms in total. The molecule has 0 amide bonds. The molecule has 4 aromatic heterocycles. The number of aryl methyl sites for hydroxylation is 8. The van der Waals surface area contributed by atoms with E-state index in [1.54, 1.807) is 0 Å². The summed E-state index contributed by atoms with van der Waals surface area (Å²) in [7, 11) is 5.63. The molecule has 14 aromatic rings. The van der Waals surface area contributed by atoms with Crippen LogP contribution in [0.5, 0.6) is 0 Å². The molecular formula is C128H146Br2S10. The van der Waals surface area contributed by atoms with Crippen molar-refractivity contribution < 1.29 is 0 Å². The van der Waals surface area contributed by atoms with Gasteiger partial charge in [0.1, 0.15) is 0 Å². The molecule has 0 saturated carbocycles. The average molecular weight is 2170 g/mol. The van der Waals surface area contributed by atoms with E-state index < -0.39 is 21.7 Å². The lowest BCUT2D eigenvalue weighted by molar-refractivity contribution is 0.665. The van der Waals surface area contributed by atoms with E-state index in [-0.39, 0.29) is 0 Å². The standard InChI is InChI=1S/C64H72Br2S2.C64H74S2.S6/c1-5-9-13-17-21-45-25-33-49(34-26-45)63(50-35-27-46(28-36-50)22-18-14-10-6-2)55-42-56-54(41-53(55)61-57(63)43-59(65)67-61)62-58(44-60(66)68-62)64(56,51-37-29-47(30-38-51)23-19-15-11-7-3)52-39-31-48(32-40-52)24-20-16-12-8-4;1-5-9-13-17-21-47-25-33-51(34-26-47)63(52-35-27-48(28-36-52)22-18-14-10-6-2)57-41-43-65-61(57)55-45-56-60(46-59(55)63)64(58-42-44-66-62(56)58,53-37-29-49(30-38-53)23-19-15-11-7-3)54-39-31-50(32-40-54)24-20-16-12-8-4;1-3-5-6-4-2/h25-44H,5-24H2,1-4H3;25-46H,5-24H2,1-4H3;. The molecule has 0 atom stereocenters. The van der Waals surface area contributed by atoms with Gasteiger partial charge in [0.25, 0.3) is 0 Å². The van der Waals surface area contributed by atoms with Gasteiger partial charge in [0, 0.05) is 77.4 Å². The van der Waals surface area contributed by atoms with Crippen LogP contribution in [0.4, 0.5) is 0 Å². The third-order valence-corrected chi connectivity index (χ3v) is 42.9. The Morgan fingerprint density at radius 1 is 0.207 bits per heavy atom. The number of fused-ring (bicyclic) bond motifs is 12. The van der Waals surface area contributed by atoms with Crippen molar-refractivity contribution in [2.24, 2.45) is 0 Å². The van der Waals surface area contributed by atoms with E-state index in [1.807, 2.05) is 45.3 Å². The molecule has 0 unspecified atom stereocenters. The molecule has 0 fully saturated rings. The topological polar surface area (TPSA) is 0 Å². The molecule has 18 rings (SSSR count). The Balaban J connectivity index is 0.000000191. The molecule has 0 bridgehead atoms. The van der Waals surface area contributed by atoms with Crippen molar-refractivity contribution in [1.82, 2.24) is 0 Å². The number of halogens is 2. The molecular weight excluding hydrogens is 2020 g/mol. The number of hydrogen-bond donors (Lipinski definition) is 0. The van der Waals surface area contributed by atoms with Crippen molar-refractivity contribution in [3.63, 3.8) is 0 Å². The van der Waals surface area contributed by atoms with E-state index >= 15 is 0 Å². The van der Waals surface area contributed by atoms with Crippen LogP contribution >= 0.6 is 77.2 Å². The second-order valence-electron chi connectivity index (χ2n) is 40.1. The van der Waals surface area contributed by atoms with Crippen LogP contribution in [0.3, 0.4) is 0 Å². The molecule has 0 aliphatic heterocycles. The monoisotopic (exact) mass is 2160 g/mol. The Labute approximate surface area is 896 Å². The average Bonchev–Trinajstić information content (AvgIpc) is 1.51. The van der Waals surface area contributed by atoms with E-state index in [1.165, 1.54) is 424 Å². The molecule has 0 radical (unpaired) electrons. The first-order valence-electron chi connectivity index (χ1n) is 53.7. The number of rotatable bonds is 48. The lowest BCUT2D eigenvalue weighted by atomic mass is 9.64. The molecule has 140 heavy (non-hydrogen) atoms. The summed E-state index contributed by atoms with van der Waals surface area (Å²) in [5.41, 5.74) is 37.6. The van der Waals surface area contributed by atoms with Crippen LogP contribution in [0.1, 0.15) is 394 Å². The smallest absolute Gasteiger partial charge is 0.0722 e. The van der Waals surface area contributed by atoms with Gasteiger partial charge in [-0.1, -0.05) is 416 Å². The normalized spacial score (nSPS) is 13.6. The number of hydrogen-bond acceptors (Lipinski definition) is 6.